The van der Waals surface area contributed by atoms with Crippen LogP contribution in [0.1, 0.15) is 23.2 Å². The summed E-state index contributed by atoms with van der Waals surface area (Å²) in [5.41, 5.74) is -0.0523. The SMILES string of the molecule is O=C1C[C@]2(C(=O)Nc3ccc(OC(F)(F)F)cc32)c2cnn(Cc3ccc(Cl)cn3)c2N1. The molecule has 0 saturated carbocycles. The number of rotatable bonds is 3. The van der Waals surface area contributed by atoms with Gasteiger partial charge in [-0.15, -0.1) is 13.2 Å². The molecule has 0 aliphatic carbocycles. The van der Waals surface area contributed by atoms with E-state index in [0.29, 0.717) is 22.0 Å². The minimum atomic E-state index is -4.90. The van der Waals surface area contributed by atoms with E-state index in [2.05, 4.69) is 25.5 Å². The van der Waals surface area contributed by atoms with Crippen molar-refractivity contribution in [1.29, 1.82) is 0 Å². The lowest BCUT2D eigenvalue weighted by Crippen LogP contribution is -2.43. The summed E-state index contributed by atoms with van der Waals surface area (Å²) >= 11 is 5.86. The third-order valence-corrected chi connectivity index (χ3v) is 5.63. The number of ether oxygens (including phenoxy) is 1. The lowest BCUT2D eigenvalue weighted by atomic mass is 9.72. The summed E-state index contributed by atoms with van der Waals surface area (Å²) in [4.78, 5) is 29.9. The highest BCUT2D eigenvalue weighted by Gasteiger charge is 2.54. The quantitative estimate of drug-likeness (QED) is 0.620. The van der Waals surface area contributed by atoms with Gasteiger partial charge in [-0.1, -0.05) is 11.6 Å². The number of nitrogens with zero attached hydrogens (tertiary/aromatic N) is 3. The fraction of sp³-hybridized carbons (Fsp3) is 0.200. The van der Waals surface area contributed by atoms with Crippen LogP contribution in [-0.4, -0.2) is 32.9 Å². The van der Waals surface area contributed by atoms with Crippen LogP contribution in [-0.2, 0) is 21.5 Å². The van der Waals surface area contributed by atoms with E-state index < -0.39 is 29.3 Å². The Morgan fingerprint density at radius 3 is 2.66 bits per heavy atom. The average molecular weight is 464 g/mol. The zero-order valence-electron chi connectivity index (χ0n) is 16.0. The molecule has 0 bridgehead atoms. The lowest BCUT2D eigenvalue weighted by molar-refractivity contribution is -0.274. The molecule has 2 aromatic heterocycles. The van der Waals surface area contributed by atoms with Gasteiger partial charge in [0.05, 0.1) is 23.5 Å². The highest BCUT2D eigenvalue weighted by molar-refractivity contribution is 6.30. The van der Waals surface area contributed by atoms with Gasteiger partial charge in [0.2, 0.25) is 11.8 Å². The van der Waals surface area contributed by atoms with E-state index in [-0.39, 0.29) is 24.3 Å². The molecule has 5 rings (SSSR count). The van der Waals surface area contributed by atoms with Crippen LogP contribution in [0.2, 0.25) is 5.02 Å². The van der Waals surface area contributed by atoms with Gasteiger partial charge in [0.1, 0.15) is 17.0 Å². The fourth-order valence-electron chi connectivity index (χ4n) is 4.09. The third kappa shape index (κ3) is 3.25. The summed E-state index contributed by atoms with van der Waals surface area (Å²) in [7, 11) is 0. The standard InChI is InChI=1S/C20H13ClF3N5O3/c21-10-1-2-11(25-7-10)9-29-17-14(8-26-29)19(6-16(30)28-17)13-5-12(32-20(22,23)24)3-4-15(13)27-18(19)31/h1-5,7-8H,6,9H2,(H,27,31)(H,28,30)/t19-/m1/s1. The normalized spacial score (nSPS) is 19.4. The van der Waals surface area contributed by atoms with Crippen LogP contribution in [0.4, 0.5) is 24.7 Å². The molecule has 0 saturated heterocycles. The number of amides is 2. The van der Waals surface area contributed by atoms with Crippen molar-refractivity contribution in [2.45, 2.75) is 24.7 Å². The molecule has 1 spiro atoms. The maximum Gasteiger partial charge on any atom is 0.573 e. The predicted molar refractivity (Wildman–Crippen MR) is 106 cm³/mol. The highest BCUT2D eigenvalue weighted by atomic mass is 35.5. The van der Waals surface area contributed by atoms with Crippen molar-refractivity contribution in [3.63, 3.8) is 0 Å². The summed E-state index contributed by atoms with van der Waals surface area (Å²) in [6, 6.07) is 6.89. The van der Waals surface area contributed by atoms with Crippen molar-refractivity contribution in [3.05, 3.63) is 64.6 Å². The summed E-state index contributed by atoms with van der Waals surface area (Å²) < 4.78 is 43.7. The number of pyridine rings is 1. The van der Waals surface area contributed by atoms with Crippen LogP contribution in [0.3, 0.4) is 0 Å². The maximum absolute atomic E-state index is 13.1. The van der Waals surface area contributed by atoms with Crippen LogP contribution >= 0.6 is 11.6 Å². The molecule has 0 fully saturated rings. The Morgan fingerprint density at radius 2 is 1.94 bits per heavy atom. The largest absolute Gasteiger partial charge is 0.573 e. The average Bonchev–Trinajstić information content (AvgIpc) is 3.22. The monoisotopic (exact) mass is 463 g/mol. The molecule has 1 aromatic carbocycles. The molecule has 2 N–H and O–H groups in total. The van der Waals surface area contributed by atoms with Crippen molar-refractivity contribution >= 4 is 34.9 Å². The number of benzene rings is 1. The molecule has 1 atom stereocenters. The minimum Gasteiger partial charge on any atom is -0.406 e. The Kier molecular flexibility index (Phi) is 4.41. The number of halogens is 4. The molecule has 2 amide bonds. The zero-order valence-corrected chi connectivity index (χ0v) is 16.8. The molecular formula is C20H13ClF3N5O3. The van der Waals surface area contributed by atoms with Crippen LogP contribution in [0.15, 0.2) is 42.7 Å². The summed E-state index contributed by atoms with van der Waals surface area (Å²) in [5, 5.41) is 10.1. The van der Waals surface area contributed by atoms with E-state index >= 15 is 0 Å². The number of alkyl halides is 3. The Hall–Kier alpha value is -3.60. The van der Waals surface area contributed by atoms with Crippen LogP contribution in [0, 0.1) is 0 Å². The van der Waals surface area contributed by atoms with Crippen LogP contribution in [0.25, 0.3) is 0 Å². The molecule has 32 heavy (non-hydrogen) atoms. The van der Waals surface area contributed by atoms with E-state index in [9.17, 15) is 22.8 Å². The molecular weight excluding hydrogens is 451 g/mol. The second kappa shape index (κ2) is 6.95. The predicted octanol–water partition coefficient (Wildman–Crippen LogP) is 3.46. The van der Waals surface area contributed by atoms with Gasteiger partial charge in [-0.3, -0.25) is 14.6 Å². The van der Waals surface area contributed by atoms with Gasteiger partial charge >= 0.3 is 6.36 Å². The number of fused-ring (bicyclic) bond motifs is 4. The van der Waals surface area contributed by atoms with Gasteiger partial charge in [-0.25, -0.2) is 4.68 Å². The Balaban J connectivity index is 1.61. The van der Waals surface area contributed by atoms with E-state index in [1.165, 1.54) is 23.1 Å². The van der Waals surface area contributed by atoms with Crippen molar-refractivity contribution in [3.8, 4) is 5.75 Å². The van der Waals surface area contributed by atoms with Gasteiger partial charge in [-0.2, -0.15) is 5.10 Å². The number of carbonyl (C=O) groups excluding carboxylic acids is 2. The second-order valence-electron chi connectivity index (χ2n) is 7.37. The first-order chi connectivity index (χ1) is 15.2. The number of aromatic nitrogens is 3. The Labute approximate surface area is 183 Å². The second-order valence-corrected chi connectivity index (χ2v) is 7.81. The van der Waals surface area contributed by atoms with Gasteiger partial charge in [0, 0.05) is 29.4 Å². The Bertz CT molecular complexity index is 1260. The van der Waals surface area contributed by atoms with Gasteiger partial charge in [-0.05, 0) is 30.3 Å². The molecule has 8 nitrogen and oxygen atoms in total. The summed E-state index contributed by atoms with van der Waals surface area (Å²) in [5.74, 6) is -1.23. The van der Waals surface area contributed by atoms with Crippen LogP contribution < -0.4 is 15.4 Å². The molecule has 12 heteroatoms. The lowest BCUT2D eigenvalue weighted by Gasteiger charge is -2.31. The highest BCUT2D eigenvalue weighted by Crippen LogP contribution is 2.51. The number of carbonyl (C=O) groups is 2. The maximum atomic E-state index is 13.1. The minimum absolute atomic E-state index is 0.175. The van der Waals surface area contributed by atoms with Crippen molar-refractivity contribution in [1.82, 2.24) is 14.8 Å². The van der Waals surface area contributed by atoms with Gasteiger partial charge < -0.3 is 15.4 Å². The molecule has 2 aliphatic heterocycles. The topological polar surface area (TPSA) is 98.1 Å². The first-order valence-electron chi connectivity index (χ1n) is 9.34. The van der Waals surface area contributed by atoms with E-state index in [0.717, 1.165) is 12.1 Å². The van der Waals surface area contributed by atoms with Crippen LogP contribution in [0.5, 0.6) is 5.75 Å². The number of hydrogen-bond acceptors (Lipinski definition) is 5. The first-order valence-corrected chi connectivity index (χ1v) is 9.72. The molecule has 4 heterocycles. The fourth-order valence-corrected chi connectivity index (χ4v) is 4.20. The van der Waals surface area contributed by atoms with Gasteiger partial charge in [0.25, 0.3) is 0 Å². The number of nitrogens with one attached hydrogen (secondary N) is 2. The molecule has 0 unspecified atom stereocenters. The van der Waals surface area contributed by atoms with Crippen molar-refractivity contribution in [2.75, 3.05) is 10.6 Å². The third-order valence-electron chi connectivity index (χ3n) is 5.40. The van der Waals surface area contributed by atoms with Crippen molar-refractivity contribution < 1.29 is 27.5 Å². The number of hydrogen-bond donors (Lipinski definition) is 2. The summed E-state index contributed by atoms with van der Waals surface area (Å²) in [6.45, 7) is 0.175. The smallest absolute Gasteiger partial charge is 0.406 e. The molecule has 0 radical (unpaired) electrons. The number of anilines is 2. The Morgan fingerprint density at radius 1 is 1.12 bits per heavy atom. The van der Waals surface area contributed by atoms with E-state index in [1.807, 2.05) is 0 Å². The van der Waals surface area contributed by atoms with Gasteiger partial charge in [0.15, 0.2) is 0 Å². The zero-order chi connectivity index (χ0) is 22.7. The van der Waals surface area contributed by atoms with E-state index in [4.69, 9.17) is 11.6 Å². The first kappa shape index (κ1) is 20.3. The van der Waals surface area contributed by atoms with Crippen molar-refractivity contribution in [2.24, 2.45) is 0 Å². The molecule has 2 aliphatic rings. The molecule has 164 valence electrons. The molecule has 3 aromatic rings. The van der Waals surface area contributed by atoms with E-state index in [1.54, 1.807) is 12.1 Å². The summed E-state index contributed by atoms with van der Waals surface area (Å²) in [6.07, 6.45) is -2.30.